The van der Waals surface area contributed by atoms with Crippen molar-refractivity contribution in [3.8, 4) is 0 Å². The number of anilines is 1. The summed E-state index contributed by atoms with van der Waals surface area (Å²) >= 11 is 6.35. The van der Waals surface area contributed by atoms with Crippen LogP contribution in [0.25, 0.3) is 0 Å². The summed E-state index contributed by atoms with van der Waals surface area (Å²) in [6.07, 6.45) is 0.298. The van der Waals surface area contributed by atoms with Gasteiger partial charge in [0.1, 0.15) is 11.7 Å². The summed E-state index contributed by atoms with van der Waals surface area (Å²) in [6, 6.07) is 25.6. The number of nitrogens with two attached hydrogens (primary N) is 1. The first-order chi connectivity index (χ1) is 18.9. The van der Waals surface area contributed by atoms with Gasteiger partial charge in [0.2, 0.25) is 0 Å². The third-order valence-corrected chi connectivity index (χ3v) is 7.56. The van der Waals surface area contributed by atoms with Crippen molar-refractivity contribution >= 4 is 35.0 Å². The minimum atomic E-state index is -1.12. The molecule has 1 aliphatic carbocycles. The Morgan fingerprint density at radius 2 is 1.54 bits per heavy atom. The van der Waals surface area contributed by atoms with E-state index in [1.54, 1.807) is 29.2 Å². The molecule has 1 aliphatic heterocycles. The van der Waals surface area contributed by atoms with Crippen LogP contribution >= 0.6 is 11.6 Å². The smallest absolute Gasteiger partial charge is 0.338 e. The lowest BCUT2D eigenvalue weighted by atomic mass is 9.67. The van der Waals surface area contributed by atoms with Crippen molar-refractivity contribution in [2.75, 3.05) is 19.1 Å². The maximum absolute atomic E-state index is 14.5. The molecule has 5 rings (SSSR count). The molecule has 8 heteroatoms. The van der Waals surface area contributed by atoms with Gasteiger partial charge in [0, 0.05) is 27.9 Å². The van der Waals surface area contributed by atoms with Crippen LogP contribution in [0.5, 0.6) is 0 Å². The van der Waals surface area contributed by atoms with Gasteiger partial charge in [-0.05, 0) is 41.8 Å². The summed E-state index contributed by atoms with van der Waals surface area (Å²) in [7, 11) is 2.53. The van der Waals surface area contributed by atoms with Gasteiger partial charge in [-0.3, -0.25) is 14.5 Å². The zero-order valence-electron chi connectivity index (χ0n) is 21.5. The highest BCUT2D eigenvalue weighted by Gasteiger charge is 2.51. The summed E-state index contributed by atoms with van der Waals surface area (Å²) in [4.78, 5) is 42.8. The van der Waals surface area contributed by atoms with Crippen LogP contribution in [0.2, 0.25) is 5.02 Å². The number of allylic oxidation sites excluding steroid dienone is 2. The summed E-state index contributed by atoms with van der Waals surface area (Å²) < 4.78 is 10.3. The van der Waals surface area contributed by atoms with Gasteiger partial charge in [-0.15, -0.1) is 0 Å². The SMILES string of the molecule is COC(=O)C1=C(N)N(c2ccccc2)C2=C(C(=O)[C@@H](C(=O)OC)[C@@H](c3ccccc3)C2)[C@@H]1c1cccc(Cl)c1. The average Bonchev–Trinajstić information content (AvgIpc) is 2.96. The predicted octanol–water partition coefficient (Wildman–Crippen LogP) is 5.09. The van der Waals surface area contributed by atoms with Crippen molar-refractivity contribution in [3.63, 3.8) is 0 Å². The Kier molecular flexibility index (Phi) is 7.26. The highest BCUT2D eigenvalue weighted by Crippen LogP contribution is 2.51. The summed E-state index contributed by atoms with van der Waals surface area (Å²) in [6.45, 7) is 0. The normalized spacial score (nSPS) is 20.9. The molecule has 2 N–H and O–H groups in total. The van der Waals surface area contributed by atoms with Crippen molar-refractivity contribution in [1.29, 1.82) is 0 Å². The Balaban J connectivity index is 1.83. The van der Waals surface area contributed by atoms with Crippen molar-refractivity contribution < 1.29 is 23.9 Å². The lowest BCUT2D eigenvalue weighted by molar-refractivity contribution is -0.150. The Morgan fingerprint density at radius 3 is 2.15 bits per heavy atom. The second-order valence-corrected chi connectivity index (χ2v) is 9.83. The van der Waals surface area contributed by atoms with Crippen molar-refractivity contribution in [1.82, 2.24) is 0 Å². The molecule has 3 aromatic rings. The average molecular weight is 543 g/mol. The molecule has 0 saturated carbocycles. The van der Waals surface area contributed by atoms with Crippen molar-refractivity contribution in [2.24, 2.45) is 11.7 Å². The number of hydrogen-bond donors (Lipinski definition) is 1. The number of halogens is 1. The lowest BCUT2D eigenvalue weighted by Crippen LogP contribution is -2.46. The Bertz CT molecular complexity index is 1500. The van der Waals surface area contributed by atoms with E-state index >= 15 is 0 Å². The van der Waals surface area contributed by atoms with Gasteiger partial charge >= 0.3 is 11.9 Å². The number of carbonyl (C=O) groups is 3. The van der Waals surface area contributed by atoms with Crippen LogP contribution in [-0.4, -0.2) is 31.9 Å². The van der Waals surface area contributed by atoms with Crippen LogP contribution in [-0.2, 0) is 23.9 Å². The molecule has 2 aliphatic rings. The molecular weight excluding hydrogens is 516 g/mol. The van der Waals surface area contributed by atoms with E-state index in [1.165, 1.54) is 14.2 Å². The third kappa shape index (κ3) is 4.59. The highest BCUT2D eigenvalue weighted by molar-refractivity contribution is 6.30. The van der Waals surface area contributed by atoms with Gasteiger partial charge in [-0.25, -0.2) is 4.79 Å². The molecule has 0 spiro atoms. The van der Waals surface area contributed by atoms with Crippen LogP contribution in [0.3, 0.4) is 0 Å². The Morgan fingerprint density at radius 1 is 0.897 bits per heavy atom. The molecule has 0 fully saturated rings. The van der Waals surface area contributed by atoms with E-state index in [2.05, 4.69) is 0 Å². The lowest BCUT2D eigenvalue weighted by Gasteiger charge is -2.44. The number of hydrogen-bond acceptors (Lipinski definition) is 7. The number of ketones is 1. The number of methoxy groups -OCH3 is 2. The van der Waals surface area contributed by atoms with Gasteiger partial charge in [0.15, 0.2) is 5.78 Å². The number of nitrogens with zero attached hydrogens (tertiary/aromatic N) is 1. The van der Waals surface area contributed by atoms with Gasteiger partial charge in [0.05, 0.1) is 25.7 Å². The number of carbonyl (C=O) groups excluding carboxylic acids is 3. The first kappa shape index (κ1) is 26.3. The Labute approximate surface area is 231 Å². The summed E-state index contributed by atoms with van der Waals surface area (Å²) in [5.74, 6) is -4.14. The number of rotatable bonds is 5. The Hall–Kier alpha value is -4.36. The topological polar surface area (TPSA) is 98.9 Å². The van der Waals surface area contributed by atoms with Gasteiger partial charge in [-0.1, -0.05) is 72.3 Å². The molecule has 0 aromatic heterocycles. The van der Waals surface area contributed by atoms with E-state index in [1.807, 2.05) is 60.7 Å². The molecule has 39 heavy (non-hydrogen) atoms. The molecule has 3 aromatic carbocycles. The van der Waals surface area contributed by atoms with Gasteiger partial charge in [0.25, 0.3) is 0 Å². The number of benzene rings is 3. The molecule has 0 radical (unpaired) electrons. The quantitative estimate of drug-likeness (QED) is 0.354. The molecule has 198 valence electrons. The fraction of sp³-hybridized carbons (Fsp3) is 0.194. The van der Waals surface area contributed by atoms with E-state index < -0.39 is 35.5 Å². The molecule has 7 nitrogen and oxygen atoms in total. The molecule has 0 amide bonds. The van der Waals surface area contributed by atoms with Gasteiger partial charge < -0.3 is 15.2 Å². The number of para-hydroxylation sites is 1. The van der Waals surface area contributed by atoms with Crippen molar-refractivity contribution in [3.05, 3.63) is 124 Å². The van der Waals surface area contributed by atoms with E-state index in [9.17, 15) is 14.4 Å². The molecule has 0 unspecified atom stereocenters. The van der Waals surface area contributed by atoms with E-state index in [0.717, 1.165) is 5.56 Å². The first-order valence-corrected chi connectivity index (χ1v) is 12.8. The van der Waals surface area contributed by atoms with Crippen LogP contribution < -0.4 is 10.6 Å². The maximum Gasteiger partial charge on any atom is 0.338 e. The van der Waals surface area contributed by atoms with Crippen LogP contribution in [0.4, 0.5) is 5.69 Å². The third-order valence-electron chi connectivity index (χ3n) is 7.32. The maximum atomic E-state index is 14.5. The van der Waals surface area contributed by atoms with Gasteiger partial charge in [-0.2, -0.15) is 0 Å². The first-order valence-electron chi connectivity index (χ1n) is 12.5. The van der Waals surface area contributed by atoms with E-state index in [0.29, 0.717) is 34.0 Å². The largest absolute Gasteiger partial charge is 0.468 e. The van der Waals surface area contributed by atoms with E-state index in [-0.39, 0.29) is 11.4 Å². The molecular formula is C31H27ClN2O5. The minimum absolute atomic E-state index is 0.0949. The zero-order chi connectivity index (χ0) is 27.7. The fourth-order valence-electron chi connectivity index (χ4n) is 5.64. The monoisotopic (exact) mass is 542 g/mol. The van der Waals surface area contributed by atoms with E-state index in [4.69, 9.17) is 26.8 Å². The molecule has 3 atom stereocenters. The fourth-order valence-corrected chi connectivity index (χ4v) is 5.84. The second kappa shape index (κ2) is 10.8. The zero-order valence-corrected chi connectivity index (χ0v) is 22.2. The number of ether oxygens (including phenoxy) is 2. The summed E-state index contributed by atoms with van der Waals surface area (Å²) in [5, 5.41) is 0.429. The molecule has 0 bridgehead atoms. The van der Waals surface area contributed by atoms with Crippen LogP contribution in [0, 0.1) is 5.92 Å². The molecule has 0 saturated heterocycles. The summed E-state index contributed by atoms with van der Waals surface area (Å²) in [5.41, 5.74) is 9.86. The van der Waals surface area contributed by atoms with Crippen molar-refractivity contribution in [2.45, 2.75) is 18.3 Å². The number of esters is 2. The minimum Gasteiger partial charge on any atom is -0.468 e. The van der Waals surface area contributed by atoms with Crippen LogP contribution in [0.15, 0.2) is 108 Å². The predicted molar refractivity (Wildman–Crippen MR) is 148 cm³/mol. The molecule has 1 heterocycles. The highest BCUT2D eigenvalue weighted by atomic mass is 35.5. The van der Waals surface area contributed by atoms with Crippen LogP contribution in [0.1, 0.15) is 29.4 Å². The number of Topliss-reactive ketones (excluding diaryl/α,β-unsaturated/α-hetero) is 1. The second-order valence-electron chi connectivity index (χ2n) is 9.40. The standard InChI is InChI=1S/C31H27ClN2O5/c1-38-30(36)25-22(18-10-5-3-6-11-18)17-23-26(28(25)35)24(19-12-9-13-20(32)16-19)27(31(37)39-2)29(33)34(23)21-14-7-4-8-15-21/h3-16,22,24-25H,17,33H2,1-2H3/t22-,24+,25+/m1/s1.